The van der Waals surface area contributed by atoms with Crippen LogP contribution in [0.1, 0.15) is 20.8 Å². The van der Waals surface area contributed by atoms with Crippen molar-refractivity contribution >= 4 is 44.7 Å². The lowest BCUT2D eigenvalue weighted by molar-refractivity contribution is 0.125. The van der Waals surface area contributed by atoms with Crippen molar-refractivity contribution in [3.63, 3.8) is 0 Å². The molecule has 2 aromatic rings. The molecule has 2 rings (SSSR count). The van der Waals surface area contributed by atoms with E-state index in [9.17, 15) is 0 Å². The van der Waals surface area contributed by atoms with Crippen LogP contribution in [-0.4, -0.2) is 10.6 Å². The summed E-state index contributed by atoms with van der Waals surface area (Å²) >= 11 is 9.38. The van der Waals surface area contributed by atoms with Gasteiger partial charge in [0.15, 0.2) is 0 Å². The number of hydrogen-bond acceptors (Lipinski definition) is 4. The largest absolute Gasteiger partial charge is 0.470 e. The predicted octanol–water partition coefficient (Wildman–Crippen LogP) is 5.00. The van der Waals surface area contributed by atoms with Gasteiger partial charge in [0.05, 0.1) is 11.4 Å². The standard InChI is InChI=1S/C15H17BrClN3O/c1-15(2,3)21-14-11(18)5-7-13(20-14)19-12-6-4-9(17)8-10(12)16/h4-8H,18H2,1-3H3,(H,19,20). The van der Waals surface area contributed by atoms with Crippen LogP contribution in [0, 0.1) is 0 Å². The Morgan fingerprint density at radius 2 is 1.95 bits per heavy atom. The summed E-state index contributed by atoms with van der Waals surface area (Å²) in [6.07, 6.45) is 0. The van der Waals surface area contributed by atoms with E-state index in [0.29, 0.717) is 22.4 Å². The van der Waals surface area contributed by atoms with Crippen molar-refractivity contribution in [1.82, 2.24) is 4.98 Å². The molecule has 21 heavy (non-hydrogen) atoms. The molecule has 0 bridgehead atoms. The van der Waals surface area contributed by atoms with Gasteiger partial charge in [0.1, 0.15) is 11.4 Å². The van der Waals surface area contributed by atoms with Crippen molar-refractivity contribution in [3.8, 4) is 5.88 Å². The van der Waals surface area contributed by atoms with Gasteiger partial charge in [-0.3, -0.25) is 0 Å². The van der Waals surface area contributed by atoms with Crippen molar-refractivity contribution in [1.29, 1.82) is 0 Å². The summed E-state index contributed by atoms with van der Waals surface area (Å²) in [6, 6.07) is 9.05. The molecule has 0 saturated heterocycles. The molecule has 0 unspecified atom stereocenters. The average molecular weight is 371 g/mol. The molecule has 0 aliphatic heterocycles. The fourth-order valence-corrected chi connectivity index (χ4v) is 2.40. The van der Waals surface area contributed by atoms with Crippen LogP contribution in [0.15, 0.2) is 34.8 Å². The number of aromatic nitrogens is 1. The number of nitrogens with one attached hydrogen (secondary N) is 1. The summed E-state index contributed by atoms with van der Waals surface area (Å²) in [5.41, 5.74) is 6.90. The van der Waals surface area contributed by atoms with Crippen LogP contribution in [0.5, 0.6) is 5.88 Å². The Hall–Kier alpha value is -1.46. The molecule has 1 aromatic heterocycles. The first-order valence-electron chi connectivity index (χ1n) is 6.42. The van der Waals surface area contributed by atoms with E-state index in [-0.39, 0.29) is 5.60 Å². The summed E-state index contributed by atoms with van der Waals surface area (Å²) in [5.74, 6) is 1.06. The summed E-state index contributed by atoms with van der Waals surface area (Å²) < 4.78 is 6.60. The van der Waals surface area contributed by atoms with E-state index in [4.69, 9.17) is 22.1 Å². The first-order valence-corrected chi connectivity index (χ1v) is 7.59. The van der Waals surface area contributed by atoms with Gasteiger partial charge in [-0.25, -0.2) is 0 Å². The maximum atomic E-state index is 5.93. The second-order valence-electron chi connectivity index (χ2n) is 5.55. The van der Waals surface area contributed by atoms with Crippen molar-refractivity contribution < 1.29 is 4.74 Å². The van der Waals surface area contributed by atoms with E-state index in [0.717, 1.165) is 10.2 Å². The Morgan fingerprint density at radius 3 is 2.57 bits per heavy atom. The third-order valence-electron chi connectivity index (χ3n) is 2.49. The number of nitrogens with two attached hydrogens (primary N) is 1. The predicted molar refractivity (Wildman–Crippen MR) is 91.5 cm³/mol. The van der Waals surface area contributed by atoms with Crippen LogP contribution >= 0.6 is 27.5 Å². The van der Waals surface area contributed by atoms with Crippen LogP contribution in [0.2, 0.25) is 5.02 Å². The number of benzene rings is 1. The van der Waals surface area contributed by atoms with E-state index < -0.39 is 0 Å². The normalized spacial score (nSPS) is 11.3. The number of nitrogen functional groups attached to an aromatic ring is 1. The van der Waals surface area contributed by atoms with Crippen LogP contribution in [0.3, 0.4) is 0 Å². The van der Waals surface area contributed by atoms with Gasteiger partial charge in [0.2, 0.25) is 5.88 Å². The number of anilines is 3. The minimum Gasteiger partial charge on any atom is -0.470 e. The minimum absolute atomic E-state index is 0.361. The average Bonchev–Trinajstić information content (AvgIpc) is 2.35. The van der Waals surface area contributed by atoms with Crippen LogP contribution in [0.25, 0.3) is 0 Å². The third-order valence-corrected chi connectivity index (χ3v) is 3.38. The number of rotatable bonds is 3. The highest BCUT2D eigenvalue weighted by Gasteiger charge is 2.15. The van der Waals surface area contributed by atoms with Crippen LogP contribution in [-0.2, 0) is 0 Å². The van der Waals surface area contributed by atoms with Gasteiger partial charge < -0.3 is 15.8 Å². The molecular weight excluding hydrogens is 354 g/mol. The van der Waals surface area contributed by atoms with Gasteiger partial charge in [-0.1, -0.05) is 11.6 Å². The number of nitrogens with zero attached hydrogens (tertiary/aromatic N) is 1. The lowest BCUT2D eigenvalue weighted by atomic mass is 10.2. The third kappa shape index (κ3) is 4.51. The zero-order chi connectivity index (χ0) is 15.6. The van der Waals surface area contributed by atoms with Gasteiger partial charge >= 0.3 is 0 Å². The number of halogens is 2. The molecule has 112 valence electrons. The Bertz CT molecular complexity index is 656. The Labute approximate surface area is 137 Å². The first kappa shape index (κ1) is 15.9. The van der Waals surface area contributed by atoms with Crippen LogP contribution in [0.4, 0.5) is 17.2 Å². The van der Waals surface area contributed by atoms with E-state index in [1.807, 2.05) is 32.9 Å². The number of hydrogen-bond donors (Lipinski definition) is 2. The Morgan fingerprint density at radius 1 is 1.24 bits per heavy atom. The molecular formula is C15H17BrClN3O. The lowest BCUT2D eigenvalue weighted by Gasteiger charge is -2.21. The number of ether oxygens (including phenoxy) is 1. The highest BCUT2D eigenvalue weighted by Crippen LogP contribution is 2.30. The van der Waals surface area contributed by atoms with E-state index in [1.54, 1.807) is 18.2 Å². The molecule has 0 aliphatic rings. The zero-order valence-electron chi connectivity index (χ0n) is 12.1. The lowest BCUT2D eigenvalue weighted by Crippen LogP contribution is -2.24. The van der Waals surface area contributed by atoms with E-state index in [2.05, 4.69) is 26.2 Å². The second kappa shape index (κ2) is 6.12. The monoisotopic (exact) mass is 369 g/mol. The van der Waals surface area contributed by atoms with Gasteiger partial charge in [-0.2, -0.15) is 4.98 Å². The van der Waals surface area contributed by atoms with Crippen LogP contribution < -0.4 is 15.8 Å². The Balaban J connectivity index is 2.26. The smallest absolute Gasteiger partial charge is 0.239 e. The van der Waals surface area contributed by atoms with Gasteiger partial charge in [0.25, 0.3) is 0 Å². The second-order valence-corrected chi connectivity index (χ2v) is 6.85. The molecule has 0 radical (unpaired) electrons. The SMILES string of the molecule is CC(C)(C)Oc1nc(Nc2ccc(Cl)cc2Br)ccc1N. The molecule has 1 aromatic carbocycles. The first-order chi connectivity index (χ1) is 9.74. The molecule has 1 heterocycles. The summed E-state index contributed by atoms with van der Waals surface area (Å²) in [6.45, 7) is 5.85. The fraction of sp³-hybridized carbons (Fsp3) is 0.267. The van der Waals surface area contributed by atoms with Crippen molar-refractivity contribution in [3.05, 3.63) is 39.8 Å². The summed E-state index contributed by atoms with van der Waals surface area (Å²) in [5, 5.41) is 3.86. The minimum atomic E-state index is -0.361. The molecule has 4 nitrogen and oxygen atoms in total. The van der Waals surface area contributed by atoms with Gasteiger partial charge in [-0.05, 0) is 67.0 Å². The maximum absolute atomic E-state index is 5.93. The molecule has 6 heteroatoms. The zero-order valence-corrected chi connectivity index (χ0v) is 14.4. The highest BCUT2D eigenvalue weighted by atomic mass is 79.9. The van der Waals surface area contributed by atoms with E-state index in [1.165, 1.54) is 0 Å². The summed E-state index contributed by atoms with van der Waals surface area (Å²) in [4.78, 5) is 4.40. The fourth-order valence-electron chi connectivity index (χ4n) is 1.62. The topological polar surface area (TPSA) is 60.2 Å². The van der Waals surface area contributed by atoms with Gasteiger partial charge in [-0.15, -0.1) is 0 Å². The molecule has 0 spiro atoms. The molecule has 0 saturated carbocycles. The summed E-state index contributed by atoms with van der Waals surface area (Å²) in [7, 11) is 0. The maximum Gasteiger partial charge on any atom is 0.239 e. The van der Waals surface area contributed by atoms with Crippen molar-refractivity contribution in [2.45, 2.75) is 26.4 Å². The Kier molecular flexibility index (Phi) is 4.64. The highest BCUT2D eigenvalue weighted by molar-refractivity contribution is 9.10. The van der Waals surface area contributed by atoms with Crippen molar-refractivity contribution in [2.24, 2.45) is 0 Å². The molecule has 0 aliphatic carbocycles. The quantitative estimate of drug-likeness (QED) is 0.798. The molecule has 0 fully saturated rings. The molecule has 3 N–H and O–H groups in total. The number of pyridine rings is 1. The molecule has 0 amide bonds. The van der Waals surface area contributed by atoms with Crippen molar-refractivity contribution in [2.75, 3.05) is 11.1 Å². The van der Waals surface area contributed by atoms with Gasteiger partial charge in [0, 0.05) is 9.50 Å². The van der Waals surface area contributed by atoms with E-state index >= 15 is 0 Å². The molecule has 0 atom stereocenters.